The lowest BCUT2D eigenvalue weighted by atomic mass is 10.1. The molecular weight excluding hydrogens is 260 g/mol. The first kappa shape index (κ1) is 13.3. The van der Waals surface area contributed by atoms with Crippen LogP contribution >= 0.6 is 0 Å². The van der Waals surface area contributed by atoms with Gasteiger partial charge in [0.1, 0.15) is 12.4 Å². The van der Waals surface area contributed by atoms with Crippen molar-refractivity contribution in [3.63, 3.8) is 0 Å². The van der Waals surface area contributed by atoms with Gasteiger partial charge in [-0.05, 0) is 20.8 Å². The van der Waals surface area contributed by atoms with E-state index in [-0.39, 0.29) is 12.2 Å². The van der Waals surface area contributed by atoms with Gasteiger partial charge in [0.05, 0.1) is 11.8 Å². The molecule has 0 aromatic carbocycles. The SMILES string of the molecule is Cc1noc([C@H]2CN(Cc3conc3C)C[C@@H](C)O2)n1. The fourth-order valence-corrected chi connectivity index (χ4v) is 2.45. The molecule has 0 bridgehead atoms. The third-order valence-electron chi connectivity index (χ3n) is 3.40. The Kier molecular flexibility index (Phi) is 3.54. The Morgan fingerprint density at radius 2 is 2.15 bits per heavy atom. The number of aromatic nitrogens is 3. The summed E-state index contributed by atoms with van der Waals surface area (Å²) in [5.74, 6) is 1.17. The molecule has 7 nitrogen and oxygen atoms in total. The monoisotopic (exact) mass is 278 g/mol. The topological polar surface area (TPSA) is 77.4 Å². The second-order valence-electron chi connectivity index (χ2n) is 5.23. The molecule has 0 N–H and O–H groups in total. The van der Waals surface area contributed by atoms with Crippen molar-refractivity contribution in [3.05, 3.63) is 29.2 Å². The second-order valence-corrected chi connectivity index (χ2v) is 5.23. The van der Waals surface area contributed by atoms with Crippen LogP contribution in [-0.2, 0) is 11.3 Å². The molecule has 3 heterocycles. The summed E-state index contributed by atoms with van der Waals surface area (Å²) in [5, 5.41) is 7.73. The Hall–Kier alpha value is -1.73. The van der Waals surface area contributed by atoms with Gasteiger partial charge in [0.2, 0.25) is 0 Å². The average molecular weight is 278 g/mol. The maximum atomic E-state index is 5.89. The van der Waals surface area contributed by atoms with Crippen molar-refractivity contribution in [1.29, 1.82) is 0 Å². The van der Waals surface area contributed by atoms with Crippen molar-refractivity contribution < 1.29 is 13.8 Å². The van der Waals surface area contributed by atoms with E-state index in [1.807, 2.05) is 13.8 Å². The Morgan fingerprint density at radius 3 is 2.80 bits per heavy atom. The molecule has 2 atom stereocenters. The molecule has 1 aliphatic rings. The van der Waals surface area contributed by atoms with Gasteiger partial charge < -0.3 is 13.8 Å². The summed E-state index contributed by atoms with van der Waals surface area (Å²) < 4.78 is 16.1. The fraction of sp³-hybridized carbons (Fsp3) is 0.615. The van der Waals surface area contributed by atoms with Crippen molar-refractivity contribution in [1.82, 2.24) is 20.2 Å². The Bertz CT molecular complexity index is 580. The Balaban J connectivity index is 1.71. The minimum atomic E-state index is -0.180. The minimum Gasteiger partial charge on any atom is -0.364 e. The third-order valence-corrected chi connectivity index (χ3v) is 3.40. The molecule has 0 spiro atoms. The lowest BCUT2D eigenvalue weighted by molar-refractivity contribution is -0.0931. The number of aryl methyl sites for hydroxylation is 2. The van der Waals surface area contributed by atoms with Crippen LogP contribution < -0.4 is 0 Å². The van der Waals surface area contributed by atoms with Crippen LogP contribution in [0.5, 0.6) is 0 Å². The van der Waals surface area contributed by atoms with Gasteiger partial charge >= 0.3 is 0 Å². The second kappa shape index (κ2) is 5.34. The molecule has 0 radical (unpaired) electrons. The molecule has 0 amide bonds. The minimum absolute atomic E-state index is 0.112. The highest BCUT2D eigenvalue weighted by atomic mass is 16.5. The molecule has 2 aromatic rings. The number of hydrogen-bond acceptors (Lipinski definition) is 7. The summed E-state index contributed by atoms with van der Waals surface area (Å²) in [7, 11) is 0. The zero-order chi connectivity index (χ0) is 14.1. The van der Waals surface area contributed by atoms with E-state index >= 15 is 0 Å². The molecular formula is C13H18N4O3. The molecule has 1 fully saturated rings. The van der Waals surface area contributed by atoms with Crippen molar-refractivity contribution in [2.75, 3.05) is 13.1 Å². The van der Waals surface area contributed by atoms with Crippen LogP contribution in [0, 0.1) is 13.8 Å². The molecule has 0 aliphatic carbocycles. The molecule has 0 unspecified atom stereocenters. The van der Waals surface area contributed by atoms with E-state index in [1.54, 1.807) is 13.2 Å². The van der Waals surface area contributed by atoms with E-state index in [0.717, 1.165) is 30.9 Å². The predicted molar refractivity (Wildman–Crippen MR) is 68.8 cm³/mol. The van der Waals surface area contributed by atoms with Gasteiger partial charge in [-0.3, -0.25) is 4.90 Å². The Morgan fingerprint density at radius 1 is 1.30 bits per heavy atom. The van der Waals surface area contributed by atoms with Crippen LogP contribution in [0.2, 0.25) is 0 Å². The van der Waals surface area contributed by atoms with Gasteiger partial charge in [0, 0.05) is 25.2 Å². The van der Waals surface area contributed by atoms with Crippen LogP contribution in [0.1, 0.15) is 36.0 Å². The zero-order valence-electron chi connectivity index (χ0n) is 11.9. The van der Waals surface area contributed by atoms with E-state index in [4.69, 9.17) is 13.8 Å². The first-order chi connectivity index (χ1) is 9.61. The summed E-state index contributed by atoms with van der Waals surface area (Å²) in [6, 6.07) is 0. The molecule has 1 aliphatic heterocycles. The maximum absolute atomic E-state index is 5.89. The van der Waals surface area contributed by atoms with Crippen LogP contribution in [0.25, 0.3) is 0 Å². The summed E-state index contributed by atoms with van der Waals surface area (Å²) in [6.07, 6.45) is 1.63. The summed E-state index contributed by atoms with van der Waals surface area (Å²) >= 11 is 0. The number of ether oxygens (including phenoxy) is 1. The van der Waals surface area contributed by atoms with E-state index in [0.29, 0.717) is 11.7 Å². The molecule has 2 aromatic heterocycles. The molecule has 7 heteroatoms. The highest BCUT2D eigenvalue weighted by molar-refractivity contribution is 5.12. The lowest BCUT2D eigenvalue weighted by Crippen LogP contribution is -2.42. The third kappa shape index (κ3) is 2.73. The highest BCUT2D eigenvalue weighted by Crippen LogP contribution is 2.25. The van der Waals surface area contributed by atoms with E-state index < -0.39 is 0 Å². The van der Waals surface area contributed by atoms with Gasteiger partial charge in [-0.2, -0.15) is 4.98 Å². The van der Waals surface area contributed by atoms with Gasteiger partial charge in [0.25, 0.3) is 5.89 Å². The van der Waals surface area contributed by atoms with Crippen LogP contribution in [0.3, 0.4) is 0 Å². The first-order valence-electron chi connectivity index (χ1n) is 6.69. The quantitative estimate of drug-likeness (QED) is 0.844. The predicted octanol–water partition coefficient (Wildman–Crippen LogP) is 1.64. The van der Waals surface area contributed by atoms with Crippen molar-refractivity contribution in [2.45, 2.75) is 39.5 Å². The van der Waals surface area contributed by atoms with E-state index in [9.17, 15) is 0 Å². The lowest BCUT2D eigenvalue weighted by Gasteiger charge is -2.34. The summed E-state index contributed by atoms with van der Waals surface area (Å²) in [5.41, 5.74) is 2.02. The molecule has 108 valence electrons. The normalized spacial score (nSPS) is 24.1. The van der Waals surface area contributed by atoms with Crippen LogP contribution in [0.4, 0.5) is 0 Å². The smallest absolute Gasteiger partial charge is 0.257 e. The van der Waals surface area contributed by atoms with E-state index in [2.05, 4.69) is 20.2 Å². The van der Waals surface area contributed by atoms with Gasteiger partial charge in [-0.15, -0.1) is 0 Å². The number of morpholine rings is 1. The van der Waals surface area contributed by atoms with Crippen LogP contribution in [-0.4, -0.2) is 39.4 Å². The first-order valence-corrected chi connectivity index (χ1v) is 6.69. The largest absolute Gasteiger partial charge is 0.364 e. The van der Waals surface area contributed by atoms with Crippen molar-refractivity contribution in [2.24, 2.45) is 0 Å². The van der Waals surface area contributed by atoms with Gasteiger partial charge in [-0.25, -0.2) is 0 Å². The van der Waals surface area contributed by atoms with E-state index in [1.165, 1.54) is 0 Å². The molecule has 0 saturated carbocycles. The fourth-order valence-electron chi connectivity index (χ4n) is 2.45. The van der Waals surface area contributed by atoms with Crippen molar-refractivity contribution in [3.8, 4) is 0 Å². The number of rotatable bonds is 3. The Labute approximate surface area is 116 Å². The van der Waals surface area contributed by atoms with Gasteiger partial charge in [0.15, 0.2) is 5.82 Å². The average Bonchev–Trinajstić information content (AvgIpc) is 2.99. The number of nitrogens with zero attached hydrogens (tertiary/aromatic N) is 4. The molecule has 1 saturated heterocycles. The standard InChI is InChI=1S/C13H18N4O3/c1-8-4-17(5-11-7-18-15-9(11)2)6-12(19-8)13-14-10(3)16-20-13/h7-8,12H,4-6H2,1-3H3/t8-,12-/m1/s1. The molecule has 3 rings (SSSR count). The maximum Gasteiger partial charge on any atom is 0.257 e. The highest BCUT2D eigenvalue weighted by Gasteiger charge is 2.30. The number of hydrogen-bond donors (Lipinski definition) is 0. The van der Waals surface area contributed by atoms with Crippen molar-refractivity contribution >= 4 is 0 Å². The zero-order valence-corrected chi connectivity index (χ0v) is 11.9. The van der Waals surface area contributed by atoms with Gasteiger partial charge in [-0.1, -0.05) is 10.3 Å². The summed E-state index contributed by atoms with van der Waals surface area (Å²) in [6.45, 7) is 8.15. The van der Waals surface area contributed by atoms with Crippen LogP contribution in [0.15, 0.2) is 15.3 Å². The molecule has 20 heavy (non-hydrogen) atoms. The summed E-state index contributed by atoms with van der Waals surface area (Å²) in [4.78, 5) is 6.55.